The average Bonchev–Trinajstić information content (AvgIpc) is 3.56. The number of carbonyl (C=O) groups is 1. The largest absolute Gasteiger partial charge is 0.477 e. The predicted octanol–water partition coefficient (Wildman–Crippen LogP) is 2.90. The Labute approximate surface area is 168 Å². The molecule has 3 aliphatic rings. The molecular formula is C22H26FN3O3. The number of carboxylic acids is 1. The second-order valence-electron chi connectivity index (χ2n) is 9.00. The summed E-state index contributed by atoms with van der Waals surface area (Å²) in [7, 11) is 0. The van der Waals surface area contributed by atoms with Crippen LogP contribution >= 0.6 is 0 Å². The standard InChI is InChI=1S/C22H26FN3O3/c1-11-8-25(10-18(11)24-14-5-6-14)20-12(2)19-15(13-3-4-13)7-16(22(28)29)21(27)26(19)9-17(20)23/h7,9,11,13-14,18,24H,3-6,8,10H2,1-2H3,(H,28,29). The lowest BCUT2D eigenvalue weighted by molar-refractivity contribution is 0.0694. The van der Waals surface area contributed by atoms with Gasteiger partial charge in [-0.2, -0.15) is 0 Å². The van der Waals surface area contributed by atoms with Crippen molar-refractivity contribution in [2.45, 2.75) is 57.5 Å². The summed E-state index contributed by atoms with van der Waals surface area (Å²) in [4.78, 5) is 26.4. The second kappa shape index (κ2) is 6.55. The first-order valence-electron chi connectivity index (χ1n) is 10.5. The van der Waals surface area contributed by atoms with E-state index < -0.39 is 17.3 Å². The first-order valence-corrected chi connectivity index (χ1v) is 10.5. The Balaban J connectivity index is 1.64. The third-order valence-corrected chi connectivity index (χ3v) is 6.65. The topological polar surface area (TPSA) is 74.0 Å². The summed E-state index contributed by atoms with van der Waals surface area (Å²) in [5.41, 5.74) is 1.82. The Morgan fingerprint density at radius 3 is 2.59 bits per heavy atom. The van der Waals surface area contributed by atoms with Gasteiger partial charge in [0.25, 0.3) is 5.56 Å². The van der Waals surface area contributed by atoms with Crippen molar-refractivity contribution < 1.29 is 14.3 Å². The molecule has 1 aliphatic heterocycles. The molecule has 0 aromatic carbocycles. The maximum atomic E-state index is 15.3. The first kappa shape index (κ1) is 18.6. The monoisotopic (exact) mass is 399 g/mol. The highest BCUT2D eigenvalue weighted by molar-refractivity contribution is 5.89. The van der Waals surface area contributed by atoms with Crippen LogP contribution < -0.4 is 15.8 Å². The lowest BCUT2D eigenvalue weighted by atomic mass is 10.0. The fraction of sp³-hybridized carbons (Fsp3) is 0.545. The Kier molecular flexibility index (Phi) is 4.21. The molecule has 0 amide bonds. The number of aromatic nitrogens is 1. The van der Waals surface area contributed by atoms with Gasteiger partial charge in [0.05, 0.1) is 17.4 Å². The summed E-state index contributed by atoms with van der Waals surface area (Å²) in [6, 6.07) is 2.44. The van der Waals surface area contributed by atoms with Crippen molar-refractivity contribution in [1.82, 2.24) is 9.72 Å². The van der Waals surface area contributed by atoms with E-state index >= 15 is 4.39 Å². The molecule has 6 nitrogen and oxygen atoms in total. The number of anilines is 1. The van der Waals surface area contributed by atoms with Crippen molar-refractivity contribution in [2.75, 3.05) is 18.0 Å². The lowest BCUT2D eigenvalue weighted by Gasteiger charge is -2.24. The summed E-state index contributed by atoms with van der Waals surface area (Å²) in [5, 5.41) is 13.1. The Morgan fingerprint density at radius 1 is 1.24 bits per heavy atom. The van der Waals surface area contributed by atoms with Crippen molar-refractivity contribution >= 4 is 17.2 Å². The predicted molar refractivity (Wildman–Crippen MR) is 109 cm³/mol. The van der Waals surface area contributed by atoms with Crippen molar-refractivity contribution in [3.05, 3.63) is 45.1 Å². The molecule has 2 atom stereocenters. The number of hydrogen-bond donors (Lipinski definition) is 2. The van der Waals surface area contributed by atoms with Gasteiger partial charge in [-0.1, -0.05) is 6.92 Å². The first-order chi connectivity index (χ1) is 13.8. The molecule has 2 unspecified atom stereocenters. The number of hydrogen-bond acceptors (Lipinski definition) is 4. The molecule has 1 saturated heterocycles. The van der Waals surface area contributed by atoms with Crippen LogP contribution in [0.4, 0.5) is 10.1 Å². The minimum absolute atomic E-state index is 0.238. The van der Waals surface area contributed by atoms with Gasteiger partial charge >= 0.3 is 5.97 Å². The molecule has 29 heavy (non-hydrogen) atoms. The fourth-order valence-corrected chi connectivity index (χ4v) is 4.81. The van der Waals surface area contributed by atoms with Gasteiger partial charge in [-0.05, 0) is 61.6 Å². The number of halogens is 1. The van der Waals surface area contributed by atoms with Crippen LogP contribution in [0.25, 0.3) is 5.52 Å². The van der Waals surface area contributed by atoms with Gasteiger partial charge in [0.1, 0.15) is 5.56 Å². The van der Waals surface area contributed by atoms with Crippen LogP contribution in [0.15, 0.2) is 17.1 Å². The van der Waals surface area contributed by atoms with Gasteiger partial charge in [0.15, 0.2) is 5.82 Å². The van der Waals surface area contributed by atoms with Crippen LogP contribution in [0.2, 0.25) is 0 Å². The number of pyridine rings is 2. The van der Waals surface area contributed by atoms with Gasteiger partial charge in [0.2, 0.25) is 0 Å². The molecule has 2 saturated carbocycles. The second-order valence-corrected chi connectivity index (χ2v) is 9.00. The molecular weight excluding hydrogens is 373 g/mol. The zero-order valence-electron chi connectivity index (χ0n) is 16.7. The number of nitrogens with zero attached hydrogens (tertiary/aromatic N) is 2. The van der Waals surface area contributed by atoms with Crippen LogP contribution in [0.1, 0.15) is 60.0 Å². The normalized spacial score (nSPS) is 24.4. The zero-order chi connectivity index (χ0) is 20.4. The van der Waals surface area contributed by atoms with E-state index in [-0.39, 0.29) is 11.5 Å². The molecule has 0 bridgehead atoms. The van der Waals surface area contributed by atoms with E-state index in [0.29, 0.717) is 29.2 Å². The van der Waals surface area contributed by atoms with E-state index in [0.717, 1.165) is 37.1 Å². The van der Waals surface area contributed by atoms with E-state index in [9.17, 15) is 14.7 Å². The molecule has 154 valence electrons. The zero-order valence-corrected chi connectivity index (χ0v) is 16.7. The fourth-order valence-electron chi connectivity index (χ4n) is 4.81. The number of aromatic carboxylic acids is 1. The van der Waals surface area contributed by atoms with Crippen molar-refractivity contribution in [3.63, 3.8) is 0 Å². The molecule has 3 heterocycles. The van der Waals surface area contributed by atoms with E-state index in [4.69, 9.17) is 0 Å². The molecule has 2 N–H and O–H groups in total. The van der Waals surface area contributed by atoms with E-state index in [1.165, 1.54) is 29.5 Å². The number of fused-ring (bicyclic) bond motifs is 1. The summed E-state index contributed by atoms with van der Waals surface area (Å²) in [5.74, 6) is -1.09. The van der Waals surface area contributed by atoms with Gasteiger partial charge in [-0.3, -0.25) is 9.20 Å². The number of rotatable bonds is 5. The van der Waals surface area contributed by atoms with Gasteiger partial charge in [-0.25, -0.2) is 9.18 Å². The van der Waals surface area contributed by atoms with E-state index in [1.807, 2.05) is 6.92 Å². The average molecular weight is 399 g/mol. The Hall–Kier alpha value is -2.41. The highest BCUT2D eigenvalue weighted by Gasteiger charge is 2.36. The van der Waals surface area contributed by atoms with Gasteiger partial charge in [-0.15, -0.1) is 0 Å². The third-order valence-electron chi connectivity index (χ3n) is 6.65. The van der Waals surface area contributed by atoms with Crippen LogP contribution in [-0.2, 0) is 0 Å². The summed E-state index contributed by atoms with van der Waals surface area (Å²) < 4.78 is 16.5. The van der Waals surface area contributed by atoms with Crippen molar-refractivity contribution in [1.29, 1.82) is 0 Å². The van der Waals surface area contributed by atoms with Crippen molar-refractivity contribution in [2.24, 2.45) is 5.92 Å². The van der Waals surface area contributed by atoms with E-state index in [2.05, 4.69) is 17.1 Å². The summed E-state index contributed by atoms with van der Waals surface area (Å²) >= 11 is 0. The molecule has 3 fully saturated rings. The van der Waals surface area contributed by atoms with Crippen molar-refractivity contribution in [3.8, 4) is 0 Å². The smallest absolute Gasteiger partial charge is 0.341 e. The van der Waals surface area contributed by atoms with Crippen LogP contribution in [-0.4, -0.2) is 40.6 Å². The van der Waals surface area contributed by atoms with Crippen LogP contribution in [0.5, 0.6) is 0 Å². The maximum Gasteiger partial charge on any atom is 0.341 e. The summed E-state index contributed by atoms with van der Waals surface area (Å²) in [6.45, 7) is 5.54. The van der Waals surface area contributed by atoms with E-state index in [1.54, 1.807) is 0 Å². The highest BCUT2D eigenvalue weighted by atomic mass is 19.1. The van der Waals surface area contributed by atoms with Gasteiger partial charge < -0.3 is 15.3 Å². The van der Waals surface area contributed by atoms with Crippen LogP contribution in [0.3, 0.4) is 0 Å². The minimum Gasteiger partial charge on any atom is -0.477 e. The van der Waals surface area contributed by atoms with Gasteiger partial charge in [0, 0.05) is 25.2 Å². The third kappa shape index (κ3) is 3.12. The quantitative estimate of drug-likeness (QED) is 0.809. The molecule has 7 heteroatoms. The Bertz CT molecular complexity index is 1070. The minimum atomic E-state index is -1.27. The molecule has 2 aromatic heterocycles. The number of carboxylic acid groups (broad SMARTS) is 1. The summed E-state index contributed by atoms with van der Waals surface area (Å²) in [6.07, 6.45) is 5.54. The SMILES string of the molecule is Cc1c(N2CC(C)C(NC3CC3)C2)c(F)cn2c(=O)c(C(=O)O)cc(C3CC3)c12. The molecule has 5 rings (SSSR count). The number of nitrogens with one attached hydrogen (secondary N) is 1. The van der Waals surface area contributed by atoms with Crippen LogP contribution in [0, 0.1) is 18.7 Å². The molecule has 2 aromatic rings. The molecule has 0 radical (unpaired) electrons. The maximum absolute atomic E-state index is 15.3. The lowest BCUT2D eigenvalue weighted by Crippen LogP contribution is -2.37. The molecule has 2 aliphatic carbocycles. The number of aryl methyl sites for hydroxylation is 1. The Morgan fingerprint density at radius 2 is 1.97 bits per heavy atom. The molecule has 0 spiro atoms. The highest BCUT2D eigenvalue weighted by Crippen LogP contribution is 2.44.